The topological polar surface area (TPSA) is 78.1 Å². The van der Waals surface area contributed by atoms with Gasteiger partial charge in [-0.2, -0.15) is 0 Å². The molecule has 0 saturated carbocycles. The number of methoxy groups -OCH3 is 2. The van der Waals surface area contributed by atoms with Crippen LogP contribution in [0.25, 0.3) is 0 Å². The molecule has 0 saturated heterocycles. The molecule has 0 fully saturated rings. The van der Waals surface area contributed by atoms with Crippen molar-refractivity contribution in [2.24, 2.45) is 10.7 Å². The standard InChI is InChI=1S/C16H27N3O3/c1-4-22-11-5-9-18-16(17)19-10-8-13-12-14(20-2)6-7-15(13)21-3/h6-7,12H,4-5,8-11H2,1-3H3,(H3,17,18,19). The Bertz CT molecular complexity index is 464. The van der Waals surface area contributed by atoms with E-state index < -0.39 is 0 Å². The first-order valence-electron chi connectivity index (χ1n) is 7.53. The molecule has 0 bridgehead atoms. The number of ether oxygens (including phenoxy) is 3. The molecule has 0 heterocycles. The second-order valence-corrected chi connectivity index (χ2v) is 4.67. The van der Waals surface area contributed by atoms with Crippen LogP contribution in [0.15, 0.2) is 23.2 Å². The molecule has 124 valence electrons. The van der Waals surface area contributed by atoms with Crippen LogP contribution >= 0.6 is 0 Å². The molecular weight excluding hydrogens is 282 g/mol. The summed E-state index contributed by atoms with van der Waals surface area (Å²) in [5.41, 5.74) is 6.89. The highest BCUT2D eigenvalue weighted by Crippen LogP contribution is 2.23. The van der Waals surface area contributed by atoms with Gasteiger partial charge < -0.3 is 25.3 Å². The maximum absolute atomic E-state index is 5.82. The number of hydrogen-bond donors (Lipinski definition) is 2. The zero-order valence-corrected chi connectivity index (χ0v) is 13.7. The zero-order valence-electron chi connectivity index (χ0n) is 13.7. The summed E-state index contributed by atoms with van der Waals surface area (Å²) in [5, 5.41) is 3.10. The predicted octanol–water partition coefficient (Wildman–Crippen LogP) is 1.58. The minimum Gasteiger partial charge on any atom is -0.497 e. The maximum atomic E-state index is 5.82. The molecular formula is C16H27N3O3. The van der Waals surface area contributed by atoms with Gasteiger partial charge in [-0.15, -0.1) is 0 Å². The van der Waals surface area contributed by atoms with Gasteiger partial charge >= 0.3 is 0 Å². The van der Waals surface area contributed by atoms with Crippen molar-refractivity contribution in [2.45, 2.75) is 19.8 Å². The summed E-state index contributed by atoms with van der Waals surface area (Å²) >= 11 is 0. The van der Waals surface area contributed by atoms with Crippen LogP contribution in [-0.2, 0) is 11.2 Å². The van der Waals surface area contributed by atoms with Gasteiger partial charge in [0.05, 0.1) is 14.2 Å². The molecule has 0 atom stereocenters. The van der Waals surface area contributed by atoms with Crippen LogP contribution in [0.2, 0.25) is 0 Å². The van der Waals surface area contributed by atoms with Crippen molar-refractivity contribution in [3.8, 4) is 11.5 Å². The number of benzene rings is 1. The number of nitrogens with one attached hydrogen (secondary N) is 1. The van der Waals surface area contributed by atoms with Crippen LogP contribution in [0.4, 0.5) is 0 Å². The molecule has 0 spiro atoms. The molecule has 3 N–H and O–H groups in total. The fourth-order valence-electron chi connectivity index (χ4n) is 1.97. The first kappa shape index (κ1) is 18.1. The first-order valence-corrected chi connectivity index (χ1v) is 7.53. The van der Waals surface area contributed by atoms with Gasteiger partial charge in [0, 0.05) is 26.3 Å². The molecule has 0 aliphatic carbocycles. The smallest absolute Gasteiger partial charge is 0.188 e. The Morgan fingerprint density at radius 3 is 2.77 bits per heavy atom. The minimum absolute atomic E-state index is 0.457. The van der Waals surface area contributed by atoms with Crippen molar-refractivity contribution < 1.29 is 14.2 Å². The third-order valence-electron chi connectivity index (χ3n) is 3.12. The molecule has 0 unspecified atom stereocenters. The van der Waals surface area contributed by atoms with E-state index in [1.165, 1.54) is 0 Å². The Morgan fingerprint density at radius 1 is 1.27 bits per heavy atom. The van der Waals surface area contributed by atoms with Crippen molar-refractivity contribution in [2.75, 3.05) is 40.5 Å². The summed E-state index contributed by atoms with van der Waals surface area (Å²) in [4.78, 5) is 4.25. The second kappa shape index (κ2) is 10.7. The minimum atomic E-state index is 0.457. The van der Waals surface area contributed by atoms with Crippen LogP contribution in [0.3, 0.4) is 0 Å². The van der Waals surface area contributed by atoms with E-state index in [1.807, 2.05) is 25.1 Å². The zero-order chi connectivity index (χ0) is 16.2. The second-order valence-electron chi connectivity index (χ2n) is 4.67. The fraction of sp³-hybridized carbons (Fsp3) is 0.562. The summed E-state index contributed by atoms with van der Waals surface area (Å²) in [6.45, 7) is 4.78. The third-order valence-corrected chi connectivity index (χ3v) is 3.12. The van der Waals surface area contributed by atoms with Gasteiger partial charge in [0.25, 0.3) is 0 Å². The molecule has 6 nitrogen and oxygen atoms in total. The number of rotatable bonds is 10. The summed E-state index contributed by atoms with van der Waals surface area (Å²) in [5.74, 6) is 2.11. The monoisotopic (exact) mass is 309 g/mol. The van der Waals surface area contributed by atoms with E-state index in [0.29, 0.717) is 25.7 Å². The molecule has 1 aromatic carbocycles. The Hall–Kier alpha value is -1.95. The first-order chi connectivity index (χ1) is 10.7. The van der Waals surface area contributed by atoms with E-state index in [2.05, 4.69) is 10.3 Å². The molecule has 0 aliphatic heterocycles. The molecule has 1 rings (SSSR count). The third kappa shape index (κ3) is 6.67. The largest absolute Gasteiger partial charge is 0.497 e. The lowest BCUT2D eigenvalue weighted by atomic mass is 10.1. The van der Waals surface area contributed by atoms with Crippen molar-refractivity contribution in [1.82, 2.24) is 5.32 Å². The quantitative estimate of drug-likeness (QED) is 0.390. The van der Waals surface area contributed by atoms with Gasteiger partial charge in [-0.1, -0.05) is 0 Å². The summed E-state index contributed by atoms with van der Waals surface area (Å²) in [6, 6.07) is 5.75. The van der Waals surface area contributed by atoms with Crippen LogP contribution < -0.4 is 20.5 Å². The van der Waals surface area contributed by atoms with Crippen LogP contribution in [-0.4, -0.2) is 46.5 Å². The average molecular weight is 309 g/mol. The van der Waals surface area contributed by atoms with Gasteiger partial charge in [-0.25, -0.2) is 0 Å². The Morgan fingerprint density at radius 2 is 2.09 bits per heavy atom. The van der Waals surface area contributed by atoms with E-state index in [9.17, 15) is 0 Å². The number of nitrogens with two attached hydrogens (primary N) is 1. The Labute approximate surface area is 132 Å². The molecule has 0 radical (unpaired) electrons. The molecule has 0 amide bonds. The number of guanidine groups is 1. The van der Waals surface area contributed by atoms with E-state index in [4.69, 9.17) is 19.9 Å². The van der Waals surface area contributed by atoms with Gasteiger partial charge in [-0.3, -0.25) is 4.99 Å². The van der Waals surface area contributed by atoms with E-state index in [0.717, 1.165) is 36.5 Å². The summed E-state index contributed by atoms with van der Waals surface area (Å²) < 4.78 is 15.8. The average Bonchev–Trinajstić information content (AvgIpc) is 2.54. The van der Waals surface area contributed by atoms with E-state index in [1.54, 1.807) is 14.2 Å². The molecule has 1 aromatic rings. The Kier molecular flexibility index (Phi) is 8.83. The molecule has 22 heavy (non-hydrogen) atoms. The highest BCUT2D eigenvalue weighted by molar-refractivity contribution is 5.77. The normalized spacial score (nSPS) is 11.3. The highest BCUT2D eigenvalue weighted by atomic mass is 16.5. The predicted molar refractivity (Wildman–Crippen MR) is 88.9 cm³/mol. The highest BCUT2D eigenvalue weighted by Gasteiger charge is 2.05. The van der Waals surface area contributed by atoms with Crippen LogP contribution in [0, 0.1) is 0 Å². The van der Waals surface area contributed by atoms with Crippen molar-refractivity contribution in [3.05, 3.63) is 23.8 Å². The number of nitrogens with zero attached hydrogens (tertiary/aromatic N) is 1. The SMILES string of the molecule is CCOCCCN=C(N)NCCc1cc(OC)ccc1OC. The van der Waals surface area contributed by atoms with Crippen molar-refractivity contribution in [1.29, 1.82) is 0 Å². The lowest BCUT2D eigenvalue weighted by molar-refractivity contribution is 0.146. The van der Waals surface area contributed by atoms with Gasteiger partial charge in [-0.05, 0) is 43.5 Å². The maximum Gasteiger partial charge on any atom is 0.188 e. The summed E-state index contributed by atoms with van der Waals surface area (Å²) in [6.07, 6.45) is 1.65. The number of hydrogen-bond acceptors (Lipinski definition) is 4. The molecule has 6 heteroatoms. The van der Waals surface area contributed by atoms with Gasteiger partial charge in [0.2, 0.25) is 0 Å². The Balaban J connectivity index is 2.38. The lowest BCUT2D eigenvalue weighted by Crippen LogP contribution is -2.33. The van der Waals surface area contributed by atoms with E-state index >= 15 is 0 Å². The molecule has 0 aromatic heterocycles. The van der Waals surface area contributed by atoms with Crippen LogP contribution in [0.1, 0.15) is 18.9 Å². The van der Waals surface area contributed by atoms with Crippen molar-refractivity contribution in [3.63, 3.8) is 0 Å². The fourth-order valence-corrected chi connectivity index (χ4v) is 1.97. The van der Waals surface area contributed by atoms with Gasteiger partial charge in [0.15, 0.2) is 5.96 Å². The van der Waals surface area contributed by atoms with E-state index in [-0.39, 0.29) is 0 Å². The van der Waals surface area contributed by atoms with Crippen LogP contribution in [0.5, 0.6) is 11.5 Å². The van der Waals surface area contributed by atoms with Crippen molar-refractivity contribution >= 4 is 5.96 Å². The molecule has 0 aliphatic rings. The summed E-state index contributed by atoms with van der Waals surface area (Å²) in [7, 11) is 3.31. The van der Waals surface area contributed by atoms with Gasteiger partial charge in [0.1, 0.15) is 11.5 Å². The number of aliphatic imine (C=N–C) groups is 1. The lowest BCUT2D eigenvalue weighted by Gasteiger charge is -2.11.